The number of hydrogen-bond acceptors (Lipinski definition) is 6. The summed E-state index contributed by atoms with van der Waals surface area (Å²) in [6, 6.07) is 9.28. The maximum absolute atomic E-state index is 13.7. The Morgan fingerprint density at radius 1 is 1.13 bits per heavy atom. The molecule has 0 radical (unpaired) electrons. The van der Waals surface area contributed by atoms with Crippen LogP contribution < -0.4 is 5.32 Å². The zero-order valence-corrected chi connectivity index (χ0v) is 17.2. The van der Waals surface area contributed by atoms with Gasteiger partial charge in [0.05, 0.1) is 23.1 Å². The highest BCUT2D eigenvalue weighted by Crippen LogP contribution is 2.21. The fraction of sp³-hybridized carbons (Fsp3) is 0.263. The summed E-state index contributed by atoms with van der Waals surface area (Å²) in [5, 5.41) is 2.34. The van der Waals surface area contributed by atoms with Crippen molar-refractivity contribution in [2.45, 2.75) is 4.90 Å². The minimum atomic E-state index is -3.64. The lowest BCUT2D eigenvalue weighted by molar-refractivity contribution is -0.119. The van der Waals surface area contributed by atoms with Crippen molar-refractivity contribution >= 4 is 39.2 Å². The van der Waals surface area contributed by atoms with E-state index in [1.807, 2.05) is 0 Å². The average Bonchev–Trinajstić information content (AvgIpc) is 2.73. The Bertz CT molecular complexity index is 1020. The van der Waals surface area contributed by atoms with Crippen molar-refractivity contribution < 1.29 is 31.9 Å². The van der Waals surface area contributed by atoms with Crippen LogP contribution in [0.25, 0.3) is 0 Å². The fourth-order valence-electron chi connectivity index (χ4n) is 2.74. The second kappa shape index (κ2) is 9.52. The molecule has 30 heavy (non-hydrogen) atoms. The number of nitrogens with zero attached hydrogens (tertiary/aromatic N) is 1. The summed E-state index contributed by atoms with van der Waals surface area (Å²) in [7, 11) is -3.64. The Morgan fingerprint density at radius 3 is 2.43 bits per heavy atom. The number of halogens is 2. The molecule has 0 atom stereocenters. The molecule has 0 aliphatic carbocycles. The molecule has 0 bridgehead atoms. The van der Waals surface area contributed by atoms with Crippen LogP contribution in [0.3, 0.4) is 0 Å². The Kier molecular flexibility index (Phi) is 7.03. The fourth-order valence-corrected chi connectivity index (χ4v) is 4.39. The number of sulfonamides is 1. The van der Waals surface area contributed by atoms with E-state index in [1.165, 1.54) is 40.7 Å². The van der Waals surface area contributed by atoms with Gasteiger partial charge in [-0.25, -0.2) is 17.6 Å². The maximum atomic E-state index is 13.7. The van der Waals surface area contributed by atoms with E-state index in [0.717, 1.165) is 6.07 Å². The summed E-state index contributed by atoms with van der Waals surface area (Å²) < 4.78 is 50.1. The van der Waals surface area contributed by atoms with Gasteiger partial charge in [-0.2, -0.15) is 4.31 Å². The zero-order chi connectivity index (χ0) is 21.7. The average molecular weight is 457 g/mol. The molecule has 0 unspecified atom stereocenters. The largest absolute Gasteiger partial charge is 0.452 e. The molecule has 1 heterocycles. The molecule has 1 aliphatic heterocycles. The molecule has 0 spiro atoms. The van der Waals surface area contributed by atoms with Crippen molar-refractivity contribution in [3.63, 3.8) is 0 Å². The van der Waals surface area contributed by atoms with Gasteiger partial charge in [0.15, 0.2) is 6.61 Å². The Balaban J connectivity index is 1.57. The van der Waals surface area contributed by atoms with Crippen molar-refractivity contribution in [2.75, 3.05) is 38.2 Å². The first kappa shape index (κ1) is 22.2. The Labute approximate surface area is 177 Å². The van der Waals surface area contributed by atoms with Gasteiger partial charge in [0.2, 0.25) is 10.0 Å². The molecule has 3 rings (SSSR count). The van der Waals surface area contributed by atoms with E-state index in [1.54, 1.807) is 0 Å². The predicted octanol–water partition coefficient (Wildman–Crippen LogP) is 2.30. The monoisotopic (exact) mass is 456 g/mol. The normalized spacial score (nSPS) is 14.9. The van der Waals surface area contributed by atoms with Crippen molar-refractivity contribution in [1.29, 1.82) is 0 Å². The second-order valence-electron chi connectivity index (χ2n) is 6.26. The summed E-state index contributed by atoms with van der Waals surface area (Å²) in [6.45, 7) is 0.558. The van der Waals surface area contributed by atoms with Gasteiger partial charge in [-0.1, -0.05) is 17.7 Å². The predicted molar refractivity (Wildman–Crippen MR) is 106 cm³/mol. The van der Waals surface area contributed by atoms with E-state index in [4.69, 9.17) is 21.1 Å². The lowest BCUT2D eigenvalue weighted by Gasteiger charge is -2.26. The van der Waals surface area contributed by atoms with Gasteiger partial charge in [-0.3, -0.25) is 4.79 Å². The minimum Gasteiger partial charge on any atom is -0.452 e. The second-order valence-corrected chi connectivity index (χ2v) is 8.61. The molecular weight excluding hydrogens is 439 g/mol. The number of nitrogens with one attached hydrogen (secondary N) is 1. The van der Waals surface area contributed by atoms with E-state index < -0.39 is 39.9 Å². The lowest BCUT2D eigenvalue weighted by atomic mass is 10.2. The summed E-state index contributed by atoms with van der Waals surface area (Å²) in [4.78, 5) is 24.0. The first-order chi connectivity index (χ1) is 14.3. The van der Waals surface area contributed by atoms with Gasteiger partial charge in [-0.15, -0.1) is 0 Å². The van der Waals surface area contributed by atoms with Crippen LogP contribution in [-0.2, 0) is 24.3 Å². The number of carbonyl (C=O) groups is 2. The number of esters is 1. The molecule has 2 aromatic rings. The summed E-state index contributed by atoms with van der Waals surface area (Å²) >= 11 is 5.78. The third-order valence-electron chi connectivity index (χ3n) is 4.25. The SMILES string of the molecule is O=C(COC(=O)c1c(F)cccc1Cl)Nc1ccc(S(=O)(=O)N2CCOCC2)cc1. The van der Waals surface area contributed by atoms with Crippen molar-refractivity contribution in [3.8, 4) is 0 Å². The number of ether oxygens (including phenoxy) is 2. The molecule has 1 fully saturated rings. The highest BCUT2D eigenvalue weighted by molar-refractivity contribution is 7.89. The Hall–Kier alpha value is -2.53. The van der Waals surface area contributed by atoms with Crippen LogP contribution in [0.4, 0.5) is 10.1 Å². The quantitative estimate of drug-likeness (QED) is 0.669. The third kappa shape index (κ3) is 5.14. The number of benzene rings is 2. The highest BCUT2D eigenvalue weighted by atomic mass is 35.5. The van der Waals surface area contributed by atoms with Crippen LogP contribution in [0.5, 0.6) is 0 Å². The standard InChI is InChI=1S/C19H18ClFN2O6S/c20-15-2-1-3-16(21)18(15)19(25)29-12-17(24)22-13-4-6-14(7-5-13)30(26,27)23-8-10-28-11-9-23/h1-7H,8-12H2,(H,22,24). The molecule has 11 heteroatoms. The minimum absolute atomic E-state index is 0.0861. The van der Waals surface area contributed by atoms with Crippen LogP contribution in [0.15, 0.2) is 47.4 Å². The summed E-state index contributed by atoms with van der Waals surface area (Å²) in [5.74, 6) is -2.61. The molecule has 1 amide bonds. The zero-order valence-electron chi connectivity index (χ0n) is 15.6. The number of carbonyl (C=O) groups excluding carboxylic acids is 2. The number of anilines is 1. The van der Waals surface area contributed by atoms with Crippen LogP contribution in [-0.4, -0.2) is 57.5 Å². The molecule has 160 valence electrons. The molecule has 1 saturated heterocycles. The Morgan fingerprint density at radius 2 is 1.80 bits per heavy atom. The first-order valence-corrected chi connectivity index (χ1v) is 10.7. The molecule has 1 aliphatic rings. The highest BCUT2D eigenvalue weighted by Gasteiger charge is 2.26. The van der Waals surface area contributed by atoms with Gasteiger partial charge in [0, 0.05) is 18.8 Å². The van der Waals surface area contributed by atoms with Crippen molar-refractivity contribution in [2.24, 2.45) is 0 Å². The maximum Gasteiger partial charge on any atom is 0.343 e. The third-order valence-corrected chi connectivity index (χ3v) is 6.47. The van der Waals surface area contributed by atoms with Crippen LogP contribution >= 0.6 is 11.6 Å². The molecule has 8 nitrogen and oxygen atoms in total. The van der Waals surface area contributed by atoms with Gasteiger partial charge in [-0.05, 0) is 36.4 Å². The summed E-state index contributed by atoms with van der Waals surface area (Å²) in [6.07, 6.45) is 0. The van der Waals surface area contributed by atoms with Crippen LogP contribution in [0, 0.1) is 5.82 Å². The topological polar surface area (TPSA) is 102 Å². The van der Waals surface area contributed by atoms with Gasteiger partial charge in [0.1, 0.15) is 11.4 Å². The van der Waals surface area contributed by atoms with E-state index in [0.29, 0.717) is 18.9 Å². The summed E-state index contributed by atoms with van der Waals surface area (Å²) in [5.41, 5.74) is -0.148. The van der Waals surface area contributed by atoms with E-state index in [2.05, 4.69) is 5.32 Å². The lowest BCUT2D eigenvalue weighted by Crippen LogP contribution is -2.40. The number of amides is 1. The smallest absolute Gasteiger partial charge is 0.343 e. The number of rotatable bonds is 6. The van der Waals surface area contributed by atoms with Gasteiger partial charge < -0.3 is 14.8 Å². The van der Waals surface area contributed by atoms with Crippen molar-refractivity contribution in [1.82, 2.24) is 4.31 Å². The van der Waals surface area contributed by atoms with Crippen molar-refractivity contribution in [3.05, 3.63) is 58.9 Å². The molecular formula is C19H18ClFN2O6S. The van der Waals surface area contributed by atoms with E-state index in [9.17, 15) is 22.4 Å². The molecule has 0 aromatic heterocycles. The van der Waals surface area contributed by atoms with Crippen LogP contribution in [0.2, 0.25) is 5.02 Å². The van der Waals surface area contributed by atoms with Gasteiger partial charge >= 0.3 is 5.97 Å². The first-order valence-electron chi connectivity index (χ1n) is 8.88. The number of morpholine rings is 1. The molecule has 2 aromatic carbocycles. The van der Waals surface area contributed by atoms with Crippen LogP contribution in [0.1, 0.15) is 10.4 Å². The van der Waals surface area contributed by atoms with Gasteiger partial charge in [0.25, 0.3) is 5.91 Å². The van der Waals surface area contributed by atoms with E-state index in [-0.39, 0.29) is 23.0 Å². The van der Waals surface area contributed by atoms with E-state index >= 15 is 0 Å². The molecule has 0 saturated carbocycles. The number of hydrogen-bond donors (Lipinski definition) is 1. The molecule has 1 N–H and O–H groups in total.